The molecule has 1 aromatic heterocycles. The van der Waals surface area contributed by atoms with Crippen LogP contribution in [-0.4, -0.2) is 61.6 Å². The topological polar surface area (TPSA) is 95.8 Å². The SMILES string of the molecule is CCS(=O)(=O)N[C@@H]1CN2C(=O)N(c3noc4cccc(-c5c(F)cccc5F)c34)C[C@@H]2[C@@H]1F. The lowest BCUT2D eigenvalue weighted by atomic mass is 10.00. The predicted molar refractivity (Wildman–Crippen MR) is 114 cm³/mol. The molecular weight excluding hydrogens is 461 g/mol. The van der Waals surface area contributed by atoms with E-state index in [0.717, 1.165) is 12.1 Å². The molecule has 0 spiro atoms. The summed E-state index contributed by atoms with van der Waals surface area (Å²) < 4.78 is 75.4. The molecule has 0 bridgehead atoms. The van der Waals surface area contributed by atoms with Gasteiger partial charge in [-0.2, -0.15) is 0 Å². The van der Waals surface area contributed by atoms with Crippen LogP contribution in [0.3, 0.4) is 0 Å². The van der Waals surface area contributed by atoms with Crippen LogP contribution in [0.4, 0.5) is 23.8 Å². The van der Waals surface area contributed by atoms with E-state index in [2.05, 4.69) is 9.88 Å². The summed E-state index contributed by atoms with van der Waals surface area (Å²) in [6.45, 7) is 1.16. The second-order valence-corrected chi connectivity index (χ2v) is 10.0. The van der Waals surface area contributed by atoms with Crippen molar-refractivity contribution in [1.82, 2.24) is 14.8 Å². The summed E-state index contributed by atoms with van der Waals surface area (Å²) in [5, 5.41) is 4.16. The summed E-state index contributed by atoms with van der Waals surface area (Å²) in [6, 6.07) is 5.49. The number of alkyl halides is 1. The maximum atomic E-state index is 15.1. The molecule has 0 aliphatic carbocycles. The molecule has 2 saturated heterocycles. The van der Waals surface area contributed by atoms with Crippen molar-refractivity contribution >= 4 is 32.8 Å². The van der Waals surface area contributed by atoms with Crippen LogP contribution in [0.1, 0.15) is 6.92 Å². The maximum absolute atomic E-state index is 15.1. The molecule has 2 fully saturated rings. The van der Waals surface area contributed by atoms with E-state index in [-0.39, 0.29) is 46.8 Å². The van der Waals surface area contributed by atoms with Crippen molar-refractivity contribution in [3.05, 3.63) is 48.0 Å². The van der Waals surface area contributed by atoms with Crippen LogP contribution >= 0.6 is 0 Å². The van der Waals surface area contributed by atoms with E-state index in [0.29, 0.717) is 0 Å². The Balaban J connectivity index is 1.52. The van der Waals surface area contributed by atoms with Gasteiger partial charge in [-0.1, -0.05) is 23.4 Å². The lowest BCUT2D eigenvalue weighted by Gasteiger charge is -2.19. The number of benzene rings is 2. The minimum atomic E-state index is -3.65. The van der Waals surface area contributed by atoms with E-state index in [9.17, 15) is 22.0 Å². The Bertz CT molecular complexity index is 1340. The number of fused-ring (bicyclic) bond motifs is 2. The van der Waals surface area contributed by atoms with E-state index in [1.54, 1.807) is 12.1 Å². The first kappa shape index (κ1) is 21.7. The smallest absolute Gasteiger partial charge is 0.326 e. The number of carbonyl (C=O) groups is 1. The second kappa shape index (κ2) is 7.73. The fraction of sp³-hybridized carbons (Fsp3) is 0.333. The van der Waals surface area contributed by atoms with E-state index in [1.807, 2.05) is 0 Å². The molecule has 2 aliphatic heterocycles. The maximum Gasteiger partial charge on any atom is 0.326 e. The first-order valence-electron chi connectivity index (χ1n) is 10.3. The Labute approximate surface area is 187 Å². The van der Waals surface area contributed by atoms with Gasteiger partial charge in [-0.3, -0.25) is 4.90 Å². The Kier molecular flexibility index (Phi) is 5.09. The van der Waals surface area contributed by atoms with Crippen LogP contribution in [0, 0.1) is 11.6 Å². The summed E-state index contributed by atoms with van der Waals surface area (Å²) in [6.07, 6.45) is -1.64. The van der Waals surface area contributed by atoms with Crippen molar-refractivity contribution in [3.63, 3.8) is 0 Å². The van der Waals surface area contributed by atoms with Gasteiger partial charge in [0.2, 0.25) is 10.0 Å². The molecule has 8 nitrogen and oxygen atoms in total. The van der Waals surface area contributed by atoms with Crippen molar-refractivity contribution < 1.29 is 30.9 Å². The molecule has 2 aliphatic rings. The summed E-state index contributed by atoms with van der Waals surface area (Å²) >= 11 is 0. The highest BCUT2D eigenvalue weighted by molar-refractivity contribution is 7.89. The quantitative estimate of drug-likeness (QED) is 0.606. The molecule has 5 rings (SSSR count). The Morgan fingerprint density at radius 2 is 1.85 bits per heavy atom. The van der Waals surface area contributed by atoms with E-state index >= 15 is 4.39 Å². The Morgan fingerprint density at radius 3 is 2.52 bits per heavy atom. The normalized spacial score (nSPS) is 23.0. The van der Waals surface area contributed by atoms with Crippen LogP contribution in [-0.2, 0) is 10.0 Å². The largest absolute Gasteiger partial charge is 0.354 e. The van der Waals surface area contributed by atoms with Gasteiger partial charge in [-0.05, 0) is 25.1 Å². The number of hydrogen-bond donors (Lipinski definition) is 1. The number of nitrogens with zero attached hydrogens (tertiary/aromatic N) is 3. The molecule has 0 saturated carbocycles. The number of carbonyl (C=O) groups excluding carboxylic acids is 1. The molecule has 2 amide bonds. The minimum Gasteiger partial charge on any atom is -0.354 e. The highest BCUT2D eigenvalue weighted by Gasteiger charge is 2.53. The van der Waals surface area contributed by atoms with E-state index < -0.39 is 45.9 Å². The molecular formula is C21H19F3N4O4S. The van der Waals surface area contributed by atoms with Gasteiger partial charge in [0.15, 0.2) is 11.4 Å². The van der Waals surface area contributed by atoms with Crippen molar-refractivity contribution in [1.29, 1.82) is 0 Å². The summed E-state index contributed by atoms with van der Waals surface area (Å²) in [5.41, 5.74) is 0.0529. The van der Waals surface area contributed by atoms with E-state index in [4.69, 9.17) is 4.52 Å². The molecule has 0 radical (unpaired) electrons. The van der Waals surface area contributed by atoms with Crippen molar-refractivity contribution in [3.8, 4) is 11.1 Å². The predicted octanol–water partition coefficient (Wildman–Crippen LogP) is 3.04. The van der Waals surface area contributed by atoms with Gasteiger partial charge in [0.25, 0.3) is 0 Å². The lowest BCUT2D eigenvalue weighted by molar-refractivity contribution is 0.208. The number of amides is 2. The van der Waals surface area contributed by atoms with Crippen LogP contribution in [0.25, 0.3) is 22.1 Å². The third-order valence-corrected chi connectivity index (χ3v) is 7.49. The van der Waals surface area contributed by atoms with Gasteiger partial charge in [0.1, 0.15) is 17.8 Å². The van der Waals surface area contributed by atoms with Gasteiger partial charge >= 0.3 is 6.03 Å². The van der Waals surface area contributed by atoms with Crippen LogP contribution in [0.15, 0.2) is 40.9 Å². The first-order valence-corrected chi connectivity index (χ1v) is 11.9. The van der Waals surface area contributed by atoms with Gasteiger partial charge in [-0.15, -0.1) is 0 Å². The summed E-state index contributed by atoms with van der Waals surface area (Å²) in [5.74, 6) is -1.78. The molecule has 1 N–H and O–H groups in total. The van der Waals surface area contributed by atoms with Gasteiger partial charge in [0.05, 0.1) is 35.3 Å². The third kappa shape index (κ3) is 3.44. The third-order valence-electron chi connectivity index (χ3n) is 6.07. The fourth-order valence-corrected chi connectivity index (χ4v) is 5.28. The van der Waals surface area contributed by atoms with E-state index in [1.165, 1.54) is 28.9 Å². The average molecular weight is 480 g/mol. The van der Waals surface area contributed by atoms with Crippen LogP contribution in [0.2, 0.25) is 0 Å². The van der Waals surface area contributed by atoms with Gasteiger partial charge < -0.3 is 9.42 Å². The zero-order valence-corrected chi connectivity index (χ0v) is 18.2. The van der Waals surface area contributed by atoms with Crippen molar-refractivity contribution in [2.45, 2.75) is 25.2 Å². The monoisotopic (exact) mass is 480 g/mol. The number of anilines is 1. The molecule has 0 unspecified atom stereocenters. The lowest BCUT2D eigenvalue weighted by Crippen LogP contribution is -2.45. The van der Waals surface area contributed by atoms with Gasteiger partial charge in [-0.25, -0.2) is 31.1 Å². The summed E-state index contributed by atoms with van der Waals surface area (Å²) in [7, 11) is -3.65. The number of halogens is 3. The van der Waals surface area contributed by atoms with Crippen LogP contribution in [0.5, 0.6) is 0 Å². The number of sulfonamides is 1. The Morgan fingerprint density at radius 1 is 1.15 bits per heavy atom. The van der Waals surface area contributed by atoms with Crippen molar-refractivity contribution in [2.24, 2.45) is 0 Å². The molecule has 3 aromatic rings. The molecule has 2 aromatic carbocycles. The van der Waals surface area contributed by atoms with Gasteiger partial charge in [0, 0.05) is 12.1 Å². The number of nitrogens with one attached hydrogen (secondary N) is 1. The molecule has 3 atom stereocenters. The number of urea groups is 1. The highest BCUT2D eigenvalue weighted by atomic mass is 32.2. The zero-order valence-electron chi connectivity index (χ0n) is 17.3. The fourth-order valence-electron chi connectivity index (χ4n) is 4.44. The van der Waals surface area contributed by atoms with Crippen LogP contribution < -0.4 is 9.62 Å². The standard InChI is InChI=1S/C21H19F3N4O4S/c1-2-33(30,31)26-14-9-27-15(19(14)24)10-28(21(27)29)20-18-11(5-3-8-16(18)32-25-20)17-12(22)6-4-7-13(17)23/h3-8,14-15,19,26H,2,9-10H2,1H3/t14-,15-,19-/m1/s1. The zero-order chi connectivity index (χ0) is 23.5. The highest BCUT2D eigenvalue weighted by Crippen LogP contribution is 2.40. The number of hydrogen-bond acceptors (Lipinski definition) is 5. The molecule has 33 heavy (non-hydrogen) atoms. The average Bonchev–Trinajstić information content (AvgIpc) is 3.43. The number of rotatable bonds is 5. The van der Waals surface area contributed by atoms with Crippen molar-refractivity contribution in [2.75, 3.05) is 23.7 Å². The second-order valence-electron chi connectivity index (χ2n) is 7.97. The molecule has 174 valence electrons. The molecule has 12 heteroatoms. The first-order chi connectivity index (χ1) is 15.7. The molecule has 3 heterocycles. The Hall–Kier alpha value is -3.12. The number of aromatic nitrogens is 1. The summed E-state index contributed by atoms with van der Waals surface area (Å²) in [4.78, 5) is 15.5. The minimum absolute atomic E-state index is 0.0144.